The number of benzene rings is 1. The van der Waals surface area contributed by atoms with Crippen LogP contribution in [-0.4, -0.2) is 19.3 Å². The first-order valence-electron chi connectivity index (χ1n) is 5.80. The lowest BCUT2D eigenvalue weighted by molar-refractivity contribution is 0.0544. The Labute approximate surface area is 102 Å². The Morgan fingerprint density at radius 2 is 1.94 bits per heavy atom. The first-order chi connectivity index (χ1) is 8.00. The average molecular weight is 241 g/mol. The third-order valence-electron chi connectivity index (χ3n) is 2.27. The van der Waals surface area contributed by atoms with Crippen molar-refractivity contribution in [1.82, 2.24) is 0 Å². The highest BCUT2D eigenvalue weighted by molar-refractivity contribution is 5.30. The quantitative estimate of drug-likeness (QED) is 0.779. The zero-order valence-electron chi connectivity index (χ0n) is 10.6. The maximum atomic E-state index is 13.6. The molecule has 1 aromatic rings. The van der Waals surface area contributed by atoms with E-state index in [9.17, 15) is 4.39 Å². The Morgan fingerprint density at radius 1 is 1.24 bits per heavy atom. The molecule has 0 fully saturated rings. The summed E-state index contributed by atoms with van der Waals surface area (Å²) >= 11 is 0. The minimum atomic E-state index is -0.385. The third kappa shape index (κ3) is 4.71. The van der Waals surface area contributed by atoms with E-state index in [1.807, 2.05) is 20.8 Å². The van der Waals surface area contributed by atoms with Gasteiger partial charge in [-0.15, -0.1) is 0 Å². The van der Waals surface area contributed by atoms with Crippen LogP contribution in [0.3, 0.4) is 0 Å². The molecule has 0 bridgehead atoms. The molecule has 0 spiro atoms. The van der Waals surface area contributed by atoms with E-state index in [-0.39, 0.29) is 23.7 Å². The molecule has 0 aliphatic carbocycles. The van der Waals surface area contributed by atoms with Gasteiger partial charge >= 0.3 is 0 Å². The van der Waals surface area contributed by atoms with Crippen LogP contribution in [0.1, 0.15) is 32.4 Å². The van der Waals surface area contributed by atoms with Gasteiger partial charge in [0, 0.05) is 6.04 Å². The lowest BCUT2D eigenvalue weighted by Crippen LogP contribution is -2.12. The molecule has 0 aliphatic heterocycles. The second-order valence-electron chi connectivity index (χ2n) is 4.25. The SMILES string of the molecule is CC(C)OCCOc1ccc(C(C)N)cc1F. The molecule has 0 aliphatic rings. The standard InChI is InChI=1S/C13H20FNO2/c1-9(2)16-6-7-17-13-5-4-11(10(3)15)8-12(13)14/h4-5,8-10H,6-7,15H2,1-3H3. The predicted molar refractivity (Wildman–Crippen MR) is 65.6 cm³/mol. The van der Waals surface area contributed by atoms with Gasteiger partial charge in [0.15, 0.2) is 11.6 Å². The van der Waals surface area contributed by atoms with Gasteiger partial charge in [-0.05, 0) is 38.5 Å². The summed E-state index contributed by atoms with van der Waals surface area (Å²) in [5, 5.41) is 0. The first-order valence-corrected chi connectivity index (χ1v) is 5.80. The van der Waals surface area contributed by atoms with Crippen LogP contribution in [0.15, 0.2) is 18.2 Å². The van der Waals surface area contributed by atoms with Gasteiger partial charge in [-0.1, -0.05) is 6.07 Å². The number of halogens is 1. The van der Waals surface area contributed by atoms with E-state index in [1.165, 1.54) is 6.07 Å². The Hall–Kier alpha value is -1.13. The second-order valence-corrected chi connectivity index (χ2v) is 4.25. The Kier molecular flexibility index (Phi) is 5.38. The van der Waals surface area contributed by atoms with Crippen LogP contribution in [0, 0.1) is 5.82 Å². The molecule has 1 unspecified atom stereocenters. The topological polar surface area (TPSA) is 44.5 Å². The third-order valence-corrected chi connectivity index (χ3v) is 2.27. The van der Waals surface area contributed by atoms with Crippen molar-refractivity contribution in [2.45, 2.75) is 32.9 Å². The molecule has 4 heteroatoms. The van der Waals surface area contributed by atoms with E-state index in [2.05, 4.69) is 0 Å². The lowest BCUT2D eigenvalue weighted by atomic mass is 10.1. The molecule has 1 rings (SSSR count). The monoisotopic (exact) mass is 241 g/mol. The van der Waals surface area contributed by atoms with Gasteiger partial charge in [0.1, 0.15) is 6.61 Å². The van der Waals surface area contributed by atoms with Crippen molar-refractivity contribution in [3.63, 3.8) is 0 Å². The lowest BCUT2D eigenvalue weighted by Gasteiger charge is -2.11. The van der Waals surface area contributed by atoms with E-state index >= 15 is 0 Å². The first kappa shape index (κ1) is 13.9. The summed E-state index contributed by atoms with van der Waals surface area (Å²) in [5.74, 6) is -0.147. The molecule has 0 aromatic heterocycles. The van der Waals surface area contributed by atoms with E-state index < -0.39 is 0 Å². The normalized spacial score (nSPS) is 12.8. The zero-order chi connectivity index (χ0) is 12.8. The summed E-state index contributed by atoms with van der Waals surface area (Å²) < 4.78 is 24.2. The highest BCUT2D eigenvalue weighted by Gasteiger charge is 2.07. The minimum absolute atomic E-state index is 0.156. The Morgan fingerprint density at radius 3 is 2.47 bits per heavy atom. The summed E-state index contributed by atoms with van der Waals surface area (Å²) in [6.45, 7) is 6.49. The molecular weight excluding hydrogens is 221 g/mol. The van der Waals surface area contributed by atoms with Crippen molar-refractivity contribution in [3.8, 4) is 5.75 Å². The molecule has 2 N–H and O–H groups in total. The van der Waals surface area contributed by atoms with Crippen LogP contribution in [0.2, 0.25) is 0 Å². The van der Waals surface area contributed by atoms with Crippen LogP contribution < -0.4 is 10.5 Å². The van der Waals surface area contributed by atoms with Gasteiger partial charge < -0.3 is 15.2 Å². The molecule has 3 nitrogen and oxygen atoms in total. The summed E-state index contributed by atoms with van der Waals surface area (Å²) in [6.07, 6.45) is 0.156. The largest absolute Gasteiger partial charge is 0.488 e. The molecule has 0 radical (unpaired) electrons. The molecule has 0 saturated heterocycles. The van der Waals surface area contributed by atoms with Crippen molar-refractivity contribution in [1.29, 1.82) is 0 Å². The fourth-order valence-electron chi connectivity index (χ4n) is 1.35. The second kappa shape index (κ2) is 6.57. The van der Waals surface area contributed by atoms with Crippen molar-refractivity contribution >= 4 is 0 Å². The Balaban J connectivity index is 2.49. The number of rotatable bonds is 6. The summed E-state index contributed by atoms with van der Waals surface area (Å²) in [4.78, 5) is 0. The summed E-state index contributed by atoms with van der Waals surface area (Å²) in [5.41, 5.74) is 6.42. The van der Waals surface area contributed by atoms with E-state index in [1.54, 1.807) is 12.1 Å². The highest BCUT2D eigenvalue weighted by atomic mass is 19.1. The van der Waals surface area contributed by atoms with E-state index in [4.69, 9.17) is 15.2 Å². The fraction of sp³-hybridized carbons (Fsp3) is 0.538. The number of hydrogen-bond acceptors (Lipinski definition) is 3. The molecule has 0 saturated carbocycles. The van der Waals surface area contributed by atoms with Crippen LogP contribution in [0.5, 0.6) is 5.75 Å². The van der Waals surface area contributed by atoms with Crippen molar-refractivity contribution in [2.24, 2.45) is 5.73 Å². The smallest absolute Gasteiger partial charge is 0.165 e. The van der Waals surface area contributed by atoms with Crippen LogP contribution >= 0.6 is 0 Å². The summed E-state index contributed by atoms with van der Waals surface area (Å²) in [7, 11) is 0. The van der Waals surface area contributed by atoms with Crippen LogP contribution in [-0.2, 0) is 4.74 Å². The van der Waals surface area contributed by atoms with Crippen LogP contribution in [0.25, 0.3) is 0 Å². The maximum absolute atomic E-state index is 13.6. The minimum Gasteiger partial charge on any atom is -0.488 e. The van der Waals surface area contributed by atoms with Gasteiger partial charge in [-0.3, -0.25) is 0 Å². The van der Waals surface area contributed by atoms with Crippen molar-refractivity contribution in [2.75, 3.05) is 13.2 Å². The number of hydrogen-bond donors (Lipinski definition) is 1. The van der Waals surface area contributed by atoms with Crippen molar-refractivity contribution < 1.29 is 13.9 Å². The Bertz CT molecular complexity index is 353. The molecule has 96 valence electrons. The average Bonchev–Trinajstić information content (AvgIpc) is 2.25. The van der Waals surface area contributed by atoms with Gasteiger partial charge in [-0.2, -0.15) is 0 Å². The van der Waals surface area contributed by atoms with Gasteiger partial charge in [0.05, 0.1) is 12.7 Å². The van der Waals surface area contributed by atoms with Crippen LogP contribution in [0.4, 0.5) is 4.39 Å². The fourth-order valence-corrected chi connectivity index (χ4v) is 1.35. The summed E-state index contributed by atoms with van der Waals surface area (Å²) in [6, 6.07) is 4.60. The zero-order valence-corrected chi connectivity index (χ0v) is 10.6. The predicted octanol–water partition coefficient (Wildman–Crippen LogP) is 2.65. The highest BCUT2D eigenvalue weighted by Crippen LogP contribution is 2.20. The van der Waals surface area contributed by atoms with Crippen molar-refractivity contribution in [3.05, 3.63) is 29.6 Å². The van der Waals surface area contributed by atoms with Gasteiger partial charge in [-0.25, -0.2) is 4.39 Å². The van der Waals surface area contributed by atoms with Gasteiger partial charge in [0.2, 0.25) is 0 Å². The molecule has 17 heavy (non-hydrogen) atoms. The molecule has 0 heterocycles. The molecular formula is C13H20FNO2. The number of ether oxygens (including phenoxy) is 2. The number of nitrogens with two attached hydrogens (primary N) is 1. The molecule has 1 atom stereocenters. The van der Waals surface area contributed by atoms with E-state index in [0.29, 0.717) is 13.2 Å². The maximum Gasteiger partial charge on any atom is 0.165 e. The van der Waals surface area contributed by atoms with Gasteiger partial charge in [0.25, 0.3) is 0 Å². The molecule has 0 amide bonds. The van der Waals surface area contributed by atoms with E-state index in [0.717, 1.165) is 5.56 Å². The molecule has 1 aromatic carbocycles.